The highest BCUT2D eigenvalue weighted by Crippen LogP contribution is 2.10. The van der Waals surface area contributed by atoms with Gasteiger partial charge in [0.05, 0.1) is 0 Å². The molecule has 0 aromatic carbocycles. The molecule has 1 aliphatic heterocycles. The molecule has 0 radical (unpaired) electrons. The first-order valence-electron chi connectivity index (χ1n) is 5.44. The molecule has 3 heterocycles. The van der Waals surface area contributed by atoms with E-state index in [2.05, 4.69) is 31.3 Å². The summed E-state index contributed by atoms with van der Waals surface area (Å²) < 4.78 is 1.43. The second kappa shape index (κ2) is 4.01. The van der Waals surface area contributed by atoms with Gasteiger partial charge in [-0.3, -0.25) is 0 Å². The quantitative estimate of drug-likeness (QED) is 0.720. The van der Waals surface area contributed by atoms with Crippen molar-refractivity contribution in [2.75, 3.05) is 18.4 Å². The van der Waals surface area contributed by atoms with E-state index < -0.39 is 0 Å². The maximum absolute atomic E-state index is 4.28. The number of hydrogen-bond acceptors (Lipinski definition) is 6. The SMILES string of the molecule is c1cc2nnnn2nc1NC1CCNCC1. The molecule has 0 bridgehead atoms. The lowest BCUT2D eigenvalue weighted by Gasteiger charge is -2.23. The third-order valence-corrected chi connectivity index (χ3v) is 2.76. The Morgan fingerprint density at radius 1 is 1.31 bits per heavy atom. The minimum Gasteiger partial charge on any atom is -0.366 e. The van der Waals surface area contributed by atoms with Crippen LogP contribution in [0.2, 0.25) is 0 Å². The van der Waals surface area contributed by atoms with Crippen molar-refractivity contribution >= 4 is 11.5 Å². The Bertz CT molecular complexity index is 473. The van der Waals surface area contributed by atoms with Crippen molar-refractivity contribution in [1.29, 1.82) is 0 Å². The lowest BCUT2D eigenvalue weighted by Crippen LogP contribution is -2.35. The Labute approximate surface area is 92.2 Å². The average Bonchev–Trinajstić information content (AvgIpc) is 2.77. The van der Waals surface area contributed by atoms with Gasteiger partial charge in [0.2, 0.25) is 0 Å². The van der Waals surface area contributed by atoms with Crippen molar-refractivity contribution in [3.05, 3.63) is 12.1 Å². The second-order valence-corrected chi connectivity index (χ2v) is 3.91. The van der Waals surface area contributed by atoms with Crippen LogP contribution in [0.3, 0.4) is 0 Å². The van der Waals surface area contributed by atoms with Gasteiger partial charge in [-0.15, -0.1) is 14.8 Å². The van der Waals surface area contributed by atoms with Gasteiger partial charge in [-0.05, 0) is 48.5 Å². The summed E-state index contributed by atoms with van der Waals surface area (Å²) in [6, 6.07) is 4.26. The minimum atomic E-state index is 0.489. The maximum atomic E-state index is 4.28. The fourth-order valence-electron chi connectivity index (χ4n) is 1.90. The zero-order chi connectivity index (χ0) is 10.8. The van der Waals surface area contributed by atoms with Crippen LogP contribution < -0.4 is 10.6 Å². The number of piperidine rings is 1. The van der Waals surface area contributed by atoms with Crippen molar-refractivity contribution in [3.63, 3.8) is 0 Å². The summed E-state index contributed by atoms with van der Waals surface area (Å²) in [5, 5.41) is 22.1. The maximum Gasteiger partial charge on any atom is 0.200 e. The molecule has 3 rings (SSSR count). The van der Waals surface area contributed by atoms with Crippen LogP contribution in [0, 0.1) is 0 Å². The van der Waals surface area contributed by atoms with Crippen LogP contribution in [0.1, 0.15) is 12.8 Å². The van der Waals surface area contributed by atoms with Crippen molar-refractivity contribution in [2.24, 2.45) is 0 Å². The largest absolute Gasteiger partial charge is 0.366 e. The lowest BCUT2D eigenvalue weighted by atomic mass is 10.1. The van der Waals surface area contributed by atoms with E-state index in [-0.39, 0.29) is 0 Å². The molecule has 0 saturated carbocycles. The molecule has 2 aromatic heterocycles. The molecule has 0 atom stereocenters. The van der Waals surface area contributed by atoms with Crippen molar-refractivity contribution in [1.82, 2.24) is 30.6 Å². The van der Waals surface area contributed by atoms with Gasteiger partial charge in [0.25, 0.3) is 0 Å². The molecular formula is C9H13N7. The van der Waals surface area contributed by atoms with Gasteiger partial charge in [0, 0.05) is 6.04 Å². The van der Waals surface area contributed by atoms with Crippen LogP contribution in [0.5, 0.6) is 0 Å². The number of aromatic nitrogens is 5. The first-order chi connectivity index (χ1) is 7.92. The molecule has 2 aromatic rings. The normalized spacial score (nSPS) is 17.8. The summed E-state index contributed by atoms with van der Waals surface area (Å²) in [6.45, 7) is 2.12. The average molecular weight is 219 g/mol. The molecule has 84 valence electrons. The van der Waals surface area contributed by atoms with Gasteiger partial charge in [0.1, 0.15) is 5.82 Å². The van der Waals surface area contributed by atoms with Crippen molar-refractivity contribution in [2.45, 2.75) is 18.9 Å². The minimum absolute atomic E-state index is 0.489. The highest BCUT2D eigenvalue weighted by atomic mass is 15.6. The molecule has 16 heavy (non-hydrogen) atoms. The molecule has 0 spiro atoms. The van der Waals surface area contributed by atoms with Crippen LogP contribution in [-0.2, 0) is 0 Å². The highest BCUT2D eigenvalue weighted by molar-refractivity contribution is 5.42. The van der Waals surface area contributed by atoms with E-state index in [4.69, 9.17) is 0 Å². The van der Waals surface area contributed by atoms with E-state index in [0.717, 1.165) is 31.7 Å². The summed E-state index contributed by atoms with van der Waals surface area (Å²) in [5.41, 5.74) is 0.663. The number of rotatable bonds is 2. The van der Waals surface area contributed by atoms with Crippen LogP contribution in [-0.4, -0.2) is 44.4 Å². The number of fused-ring (bicyclic) bond motifs is 1. The summed E-state index contributed by atoms with van der Waals surface area (Å²) in [7, 11) is 0. The van der Waals surface area contributed by atoms with Gasteiger partial charge >= 0.3 is 0 Å². The monoisotopic (exact) mass is 219 g/mol. The fraction of sp³-hybridized carbons (Fsp3) is 0.556. The second-order valence-electron chi connectivity index (χ2n) is 3.91. The molecule has 0 amide bonds. The lowest BCUT2D eigenvalue weighted by molar-refractivity contribution is 0.477. The Morgan fingerprint density at radius 3 is 3.06 bits per heavy atom. The van der Waals surface area contributed by atoms with Gasteiger partial charge in [0.15, 0.2) is 5.65 Å². The van der Waals surface area contributed by atoms with E-state index in [1.54, 1.807) is 0 Å². The third-order valence-electron chi connectivity index (χ3n) is 2.76. The van der Waals surface area contributed by atoms with Gasteiger partial charge < -0.3 is 10.6 Å². The number of nitrogens with zero attached hydrogens (tertiary/aromatic N) is 5. The van der Waals surface area contributed by atoms with E-state index in [1.165, 1.54) is 4.63 Å². The predicted molar refractivity (Wildman–Crippen MR) is 58.1 cm³/mol. The molecule has 1 saturated heterocycles. The molecule has 0 aliphatic carbocycles. The van der Waals surface area contributed by atoms with E-state index in [9.17, 15) is 0 Å². The van der Waals surface area contributed by atoms with E-state index in [0.29, 0.717) is 11.7 Å². The van der Waals surface area contributed by atoms with Crippen LogP contribution in [0.4, 0.5) is 5.82 Å². The Balaban J connectivity index is 1.77. The molecule has 1 fully saturated rings. The number of nitrogens with one attached hydrogen (secondary N) is 2. The zero-order valence-corrected chi connectivity index (χ0v) is 8.80. The van der Waals surface area contributed by atoms with Crippen LogP contribution in [0.15, 0.2) is 12.1 Å². The standard InChI is InChI=1S/C9H13N7/c1-2-9-12-14-15-16(9)13-8(1)11-7-3-5-10-6-4-7/h1-2,7,10H,3-6H2,(H,11,13). The summed E-state index contributed by atoms with van der Waals surface area (Å²) in [4.78, 5) is 0. The van der Waals surface area contributed by atoms with Gasteiger partial charge in [-0.2, -0.15) is 0 Å². The number of anilines is 1. The van der Waals surface area contributed by atoms with Crippen LogP contribution >= 0.6 is 0 Å². The molecule has 2 N–H and O–H groups in total. The number of tetrazole rings is 1. The summed E-state index contributed by atoms with van der Waals surface area (Å²) in [6.07, 6.45) is 2.24. The molecule has 1 aliphatic rings. The van der Waals surface area contributed by atoms with Crippen molar-refractivity contribution in [3.8, 4) is 0 Å². The topological polar surface area (TPSA) is 80.0 Å². The smallest absolute Gasteiger partial charge is 0.200 e. The summed E-state index contributed by atoms with van der Waals surface area (Å²) >= 11 is 0. The van der Waals surface area contributed by atoms with E-state index >= 15 is 0 Å². The molecular weight excluding hydrogens is 206 g/mol. The summed E-state index contributed by atoms with van der Waals surface area (Å²) in [5.74, 6) is 0.826. The predicted octanol–water partition coefficient (Wildman–Crippen LogP) is -0.317. The first-order valence-corrected chi connectivity index (χ1v) is 5.44. The Morgan fingerprint density at radius 2 is 2.19 bits per heavy atom. The molecule has 7 nitrogen and oxygen atoms in total. The highest BCUT2D eigenvalue weighted by Gasteiger charge is 2.13. The van der Waals surface area contributed by atoms with Crippen molar-refractivity contribution < 1.29 is 0 Å². The van der Waals surface area contributed by atoms with Gasteiger partial charge in [-0.1, -0.05) is 0 Å². The van der Waals surface area contributed by atoms with E-state index in [1.807, 2.05) is 12.1 Å². The number of hydrogen-bond donors (Lipinski definition) is 2. The molecule has 7 heteroatoms. The first kappa shape index (κ1) is 9.46. The van der Waals surface area contributed by atoms with Gasteiger partial charge in [-0.25, -0.2) is 0 Å². The Hall–Kier alpha value is -1.76. The zero-order valence-electron chi connectivity index (χ0n) is 8.80. The third kappa shape index (κ3) is 1.81. The Kier molecular flexibility index (Phi) is 2.37. The fourth-order valence-corrected chi connectivity index (χ4v) is 1.90. The molecule has 0 unspecified atom stereocenters. The van der Waals surface area contributed by atoms with Crippen LogP contribution in [0.25, 0.3) is 5.65 Å².